The zero-order chi connectivity index (χ0) is 34.7. The summed E-state index contributed by atoms with van der Waals surface area (Å²) in [6.07, 6.45) is 4.43. The second kappa shape index (κ2) is 20.7. The van der Waals surface area contributed by atoms with E-state index in [1.807, 2.05) is 36.4 Å². The molecule has 4 rings (SSSR count). The first-order valence-corrected chi connectivity index (χ1v) is 16.9. The number of hydrogen-bond acceptors (Lipinski definition) is 11. The van der Waals surface area contributed by atoms with Crippen LogP contribution in [0.3, 0.4) is 0 Å². The van der Waals surface area contributed by atoms with E-state index in [0.717, 1.165) is 69.0 Å². The summed E-state index contributed by atoms with van der Waals surface area (Å²) in [5, 5.41) is 23.7. The van der Waals surface area contributed by atoms with Gasteiger partial charge in [0.2, 0.25) is 0 Å². The molecule has 6 N–H and O–H groups in total. The van der Waals surface area contributed by atoms with Gasteiger partial charge < -0.3 is 46.4 Å². The molecule has 0 bridgehead atoms. The Morgan fingerprint density at radius 1 is 0.939 bits per heavy atom. The summed E-state index contributed by atoms with van der Waals surface area (Å²) in [5.74, 6) is 0.433. The van der Waals surface area contributed by atoms with Gasteiger partial charge in [-0.25, -0.2) is 0 Å². The van der Waals surface area contributed by atoms with Crippen LogP contribution in [0.4, 0.5) is 28.4 Å². The molecule has 12 nitrogen and oxygen atoms in total. The molecule has 0 saturated carbocycles. The third-order valence-electron chi connectivity index (χ3n) is 8.45. The fraction of sp³-hybridized carbons (Fsp3) is 0.405. The van der Waals surface area contributed by atoms with Gasteiger partial charge in [-0.1, -0.05) is 12.1 Å². The largest absolute Gasteiger partial charge is 0.388 e. The maximum atomic E-state index is 12.8. The molecule has 1 aliphatic rings. The normalized spacial score (nSPS) is 14.3. The molecule has 1 aliphatic heterocycles. The van der Waals surface area contributed by atoms with E-state index in [1.54, 1.807) is 31.3 Å². The lowest BCUT2D eigenvalue weighted by molar-refractivity contribution is 0.0527. The van der Waals surface area contributed by atoms with Crippen LogP contribution in [0, 0.1) is 11.3 Å². The topological polar surface area (TPSA) is 152 Å². The number of hydrogen-bond donors (Lipinski definition) is 6. The number of aliphatic imine (C=N–C) groups is 1. The molecule has 0 radical (unpaired) electrons. The number of aldehydes is 1. The minimum absolute atomic E-state index is 0.254. The van der Waals surface area contributed by atoms with Gasteiger partial charge in [-0.3, -0.25) is 14.6 Å². The zero-order valence-corrected chi connectivity index (χ0v) is 28.4. The minimum atomic E-state index is -0.254. The Morgan fingerprint density at radius 2 is 1.71 bits per heavy atom. The van der Waals surface area contributed by atoms with Crippen molar-refractivity contribution in [3.05, 3.63) is 77.4 Å². The third-order valence-corrected chi connectivity index (χ3v) is 8.45. The van der Waals surface area contributed by atoms with Gasteiger partial charge in [0.05, 0.1) is 37.8 Å². The summed E-state index contributed by atoms with van der Waals surface area (Å²) in [5.41, 5.74) is 5.56. The molecule has 1 heterocycles. The number of likely N-dealkylation sites (tertiary alicyclic amines) is 1. The molecule has 1 amide bonds. The Bertz CT molecular complexity index is 1520. The van der Waals surface area contributed by atoms with Crippen molar-refractivity contribution in [2.75, 3.05) is 101 Å². The summed E-state index contributed by atoms with van der Waals surface area (Å²) in [4.78, 5) is 30.6. The Morgan fingerprint density at radius 3 is 2.49 bits per heavy atom. The lowest BCUT2D eigenvalue weighted by Crippen LogP contribution is -2.28. The van der Waals surface area contributed by atoms with Crippen LogP contribution in [-0.2, 0) is 9.47 Å². The summed E-state index contributed by atoms with van der Waals surface area (Å²) in [6.45, 7) is 12.4. The lowest BCUT2D eigenvalue weighted by Gasteiger charge is -2.18. The van der Waals surface area contributed by atoms with E-state index < -0.39 is 0 Å². The molecular weight excluding hydrogens is 620 g/mol. The molecule has 0 aromatic heterocycles. The van der Waals surface area contributed by atoms with Crippen LogP contribution in [0.25, 0.3) is 0 Å². The number of amides is 1. The first-order valence-electron chi connectivity index (χ1n) is 16.9. The van der Waals surface area contributed by atoms with Crippen LogP contribution < -0.4 is 26.6 Å². The SMILES string of the molecule is C=Nc1cc(NC(=O)c2ccc(NC)c(C=N)c2)ccc1NCCN1CCC(CCNCCOCCOCCNc2ccccc2C=O)C1. The molecular formula is C37H50N8O4. The highest BCUT2D eigenvalue weighted by Crippen LogP contribution is 2.29. The molecule has 3 aromatic carbocycles. The van der Waals surface area contributed by atoms with Crippen LogP contribution in [0.5, 0.6) is 0 Å². The first-order chi connectivity index (χ1) is 24.0. The van der Waals surface area contributed by atoms with Crippen molar-refractivity contribution < 1.29 is 19.1 Å². The van der Waals surface area contributed by atoms with E-state index in [9.17, 15) is 9.59 Å². The van der Waals surface area contributed by atoms with Gasteiger partial charge in [0.25, 0.3) is 5.91 Å². The number of nitrogens with zero attached hydrogens (tertiary/aromatic N) is 2. The van der Waals surface area contributed by atoms with Gasteiger partial charge in [-0.05, 0) is 87.1 Å². The van der Waals surface area contributed by atoms with Gasteiger partial charge in [0, 0.05) is 79.7 Å². The standard InChI is InChI=1S/C37H50N8O4/c1-39-33-9-7-29(23-31(33)25-38)37(47)44-32-8-10-35(36(24-32)40-2)42-14-18-45-17-12-28(26-45)11-13-41-15-19-48-21-22-49-20-16-43-34-6-4-3-5-30(34)27-46/h3-10,23-25,27-28,38-39,41-43H,2,11-22,26H2,1H3,(H,44,47). The fourth-order valence-electron chi connectivity index (χ4n) is 5.76. The van der Waals surface area contributed by atoms with Gasteiger partial charge >= 0.3 is 0 Å². The van der Waals surface area contributed by atoms with E-state index >= 15 is 0 Å². The fourth-order valence-corrected chi connectivity index (χ4v) is 5.76. The number of carbonyl (C=O) groups excluding carboxylic acids is 2. The van der Waals surface area contributed by atoms with Crippen molar-refractivity contribution in [1.29, 1.82) is 5.41 Å². The van der Waals surface area contributed by atoms with Crippen molar-refractivity contribution >= 4 is 53.6 Å². The van der Waals surface area contributed by atoms with E-state index in [2.05, 4.69) is 43.2 Å². The first kappa shape index (κ1) is 37.2. The van der Waals surface area contributed by atoms with Crippen LogP contribution in [-0.4, -0.2) is 109 Å². The Labute approximate surface area is 289 Å². The third kappa shape index (κ3) is 12.1. The number of benzene rings is 3. The van der Waals surface area contributed by atoms with E-state index in [4.69, 9.17) is 14.9 Å². The smallest absolute Gasteiger partial charge is 0.255 e. The molecule has 0 spiro atoms. The van der Waals surface area contributed by atoms with Gasteiger partial charge in [-0.15, -0.1) is 0 Å². The molecule has 1 atom stereocenters. The average Bonchev–Trinajstić information content (AvgIpc) is 3.59. The van der Waals surface area contributed by atoms with Gasteiger partial charge in [-0.2, -0.15) is 0 Å². The summed E-state index contributed by atoms with van der Waals surface area (Å²) in [6, 6.07) is 18.2. The summed E-state index contributed by atoms with van der Waals surface area (Å²) >= 11 is 0. The Hall–Kier alpha value is -4.62. The predicted molar refractivity (Wildman–Crippen MR) is 200 cm³/mol. The maximum absolute atomic E-state index is 12.8. The molecule has 1 fully saturated rings. The predicted octanol–water partition coefficient (Wildman–Crippen LogP) is 4.98. The molecule has 0 aliphatic carbocycles. The van der Waals surface area contributed by atoms with Crippen molar-refractivity contribution in [1.82, 2.24) is 10.2 Å². The summed E-state index contributed by atoms with van der Waals surface area (Å²) in [7, 11) is 1.78. The highest BCUT2D eigenvalue weighted by Gasteiger charge is 2.21. The van der Waals surface area contributed by atoms with E-state index in [-0.39, 0.29) is 5.91 Å². The number of rotatable bonds is 23. The Balaban J connectivity index is 1.03. The van der Waals surface area contributed by atoms with Crippen molar-refractivity contribution in [3.8, 4) is 0 Å². The summed E-state index contributed by atoms with van der Waals surface area (Å²) < 4.78 is 11.3. The van der Waals surface area contributed by atoms with Crippen molar-refractivity contribution in [2.24, 2.45) is 10.9 Å². The molecule has 1 unspecified atom stereocenters. The second-order valence-corrected chi connectivity index (χ2v) is 11.8. The van der Waals surface area contributed by atoms with E-state index in [1.165, 1.54) is 12.6 Å². The number of nitrogens with one attached hydrogen (secondary N) is 6. The molecule has 49 heavy (non-hydrogen) atoms. The van der Waals surface area contributed by atoms with Crippen molar-refractivity contribution in [3.63, 3.8) is 0 Å². The zero-order valence-electron chi connectivity index (χ0n) is 28.4. The second-order valence-electron chi connectivity index (χ2n) is 11.8. The molecule has 3 aromatic rings. The van der Waals surface area contributed by atoms with Crippen LogP contribution in [0.2, 0.25) is 0 Å². The average molecular weight is 671 g/mol. The van der Waals surface area contributed by atoms with E-state index in [0.29, 0.717) is 67.0 Å². The monoisotopic (exact) mass is 670 g/mol. The van der Waals surface area contributed by atoms with Crippen LogP contribution in [0.15, 0.2) is 65.7 Å². The van der Waals surface area contributed by atoms with Crippen molar-refractivity contribution in [2.45, 2.75) is 12.8 Å². The highest BCUT2D eigenvalue weighted by molar-refractivity contribution is 6.06. The highest BCUT2D eigenvalue weighted by atomic mass is 16.5. The lowest BCUT2D eigenvalue weighted by atomic mass is 10.1. The maximum Gasteiger partial charge on any atom is 0.255 e. The molecule has 12 heteroatoms. The minimum Gasteiger partial charge on any atom is -0.388 e. The Kier molecular flexibility index (Phi) is 15.7. The molecule has 1 saturated heterocycles. The van der Waals surface area contributed by atoms with Gasteiger partial charge in [0.15, 0.2) is 6.29 Å². The number of ether oxygens (including phenoxy) is 2. The number of carbonyl (C=O) groups is 2. The quantitative estimate of drug-likeness (QED) is 0.0466. The number of para-hydroxylation sites is 1. The molecule has 262 valence electrons. The van der Waals surface area contributed by atoms with Crippen LogP contribution >= 0.6 is 0 Å². The van der Waals surface area contributed by atoms with Crippen LogP contribution in [0.1, 0.15) is 39.1 Å². The number of anilines is 4. The van der Waals surface area contributed by atoms with Gasteiger partial charge in [0.1, 0.15) is 0 Å².